The van der Waals surface area contributed by atoms with Crippen molar-refractivity contribution in [1.82, 2.24) is 4.57 Å². The van der Waals surface area contributed by atoms with Gasteiger partial charge in [0.15, 0.2) is 0 Å². The Morgan fingerprint density at radius 2 is 1.81 bits per heavy atom. The van der Waals surface area contributed by atoms with Crippen molar-refractivity contribution in [3.05, 3.63) is 42.5 Å². The maximum Gasteiger partial charge on any atom is 0.272 e. The first-order valence-electron chi connectivity index (χ1n) is 10.8. The van der Waals surface area contributed by atoms with Gasteiger partial charge < -0.3 is 15.0 Å². The summed E-state index contributed by atoms with van der Waals surface area (Å²) < 4.78 is 59.5. The Hall–Kier alpha value is -2.81. The van der Waals surface area contributed by atoms with Crippen LogP contribution in [0.3, 0.4) is 0 Å². The molecule has 170 valence electrons. The molecule has 32 heavy (non-hydrogen) atoms. The predicted octanol–water partition coefficient (Wildman–Crippen LogP) is 4.85. The van der Waals surface area contributed by atoms with Gasteiger partial charge in [-0.1, -0.05) is 12.1 Å². The van der Waals surface area contributed by atoms with Gasteiger partial charge in [-0.2, -0.15) is 0 Å². The number of fused-ring (bicyclic) bond motifs is 1. The second-order valence-corrected chi connectivity index (χ2v) is 10.6. The lowest BCUT2D eigenvalue weighted by Crippen LogP contribution is -2.17. The highest BCUT2D eigenvalue weighted by molar-refractivity contribution is 7.93. The van der Waals surface area contributed by atoms with Gasteiger partial charge in [-0.05, 0) is 55.9 Å². The van der Waals surface area contributed by atoms with E-state index in [1.165, 1.54) is 0 Å². The molecule has 0 spiro atoms. The lowest BCUT2D eigenvalue weighted by Gasteiger charge is -2.13. The van der Waals surface area contributed by atoms with Gasteiger partial charge in [-0.3, -0.25) is 4.72 Å². The highest BCUT2D eigenvalue weighted by Crippen LogP contribution is 2.41. The van der Waals surface area contributed by atoms with E-state index in [2.05, 4.69) is 9.29 Å². The molecular formula is C23H25F2N3O3S. The Bertz CT molecular complexity index is 1250. The largest absolute Gasteiger partial charge is 0.488 e. The van der Waals surface area contributed by atoms with E-state index in [9.17, 15) is 17.2 Å². The number of nitrogen functional groups attached to an aromatic ring is 1. The SMILES string of the molecule is Nc1c(-c2ccc(NS(=O)(=O)C3CC3)cc2)n(CC2CC2)c2cc(OCC(F)F)ccc12. The molecule has 3 aromatic rings. The van der Waals surface area contributed by atoms with Gasteiger partial charge in [0.25, 0.3) is 6.43 Å². The molecule has 2 fully saturated rings. The molecule has 2 saturated carbocycles. The number of alkyl halides is 2. The number of nitrogens with one attached hydrogen (secondary N) is 1. The first-order valence-corrected chi connectivity index (χ1v) is 12.3. The fraction of sp³-hybridized carbons (Fsp3) is 0.391. The van der Waals surface area contributed by atoms with Gasteiger partial charge >= 0.3 is 0 Å². The molecule has 0 aliphatic heterocycles. The third-order valence-corrected chi connectivity index (χ3v) is 7.84. The van der Waals surface area contributed by atoms with Crippen LogP contribution in [0.1, 0.15) is 25.7 Å². The lowest BCUT2D eigenvalue weighted by molar-refractivity contribution is 0.0819. The van der Waals surface area contributed by atoms with E-state index in [-0.39, 0.29) is 5.25 Å². The van der Waals surface area contributed by atoms with E-state index in [4.69, 9.17) is 10.5 Å². The molecule has 0 saturated heterocycles. The number of hydrogen-bond donors (Lipinski definition) is 2. The summed E-state index contributed by atoms with van der Waals surface area (Å²) >= 11 is 0. The molecule has 2 aromatic carbocycles. The minimum absolute atomic E-state index is 0.291. The molecule has 0 atom stereocenters. The van der Waals surface area contributed by atoms with Gasteiger partial charge in [-0.15, -0.1) is 0 Å². The van der Waals surface area contributed by atoms with E-state index >= 15 is 0 Å². The van der Waals surface area contributed by atoms with Crippen LogP contribution in [0.4, 0.5) is 20.2 Å². The smallest absolute Gasteiger partial charge is 0.272 e. The number of hydrogen-bond acceptors (Lipinski definition) is 4. The summed E-state index contributed by atoms with van der Waals surface area (Å²) in [5.74, 6) is 0.933. The van der Waals surface area contributed by atoms with Crippen molar-refractivity contribution in [2.75, 3.05) is 17.1 Å². The van der Waals surface area contributed by atoms with Gasteiger partial charge in [0.2, 0.25) is 10.0 Å². The van der Waals surface area contributed by atoms with Crippen molar-refractivity contribution in [2.24, 2.45) is 5.92 Å². The number of sulfonamides is 1. The van der Waals surface area contributed by atoms with Crippen molar-refractivity contribution in [1.29, 1.82) is 0 Å². The van der Waals surface area contributed by atoms with Crippen LogP contribution < -0.4 is 15.2 Å². The van der Waals surface area contributed by atoms with Crippen LogP contribution in [-0.4, -0.2) is 31.3 Å². The summed E-state index contributed by atoms with van der Waals surface area (Å²) in [6.07, 6.45) is 1.15. The topological polar surface area (TPSA) is 86.4 Å². The minimum atomic E-state index is -3.33. The van der Waals surface area contributed by atoms with Gasteiger partial charge in [-0.25, -0.2) is 17.2 Å². The first-order chi connectivity index (χ1) is 15.3. The number of halogens is 2. The molecule has 9 heteroatoms. The number of ether oxygens (including phenoxy) is 1. The van der Waals surface area contributed by atoms with Gasteiger partial charge in [0, 0.05) is 29.2 Å². The summed E-state index contributed by atoms with van der Waals surface area (Å²) in [7, 11) is -3.33. The van der Waals surface area contributed by atoms with Crippen LogP contribution in [0.15, 0.2) is 42.5 Å². The zero-order valence-corrected chi connectivity index (χ0v) is 18.2. The Balaban J connectivity index is 1.51. The summed E-state index contributed by atoms with van der Waals surface area (Å²) in [5.41, 5.74) is 10.2. The lowest BCUT2D eigenvalue weighted by atomic mass is 10.1. The summed E-state index contributed by atoms with van der Waals surface area (Å²) in [5, 5.41) is 0.545. The molecule has 5 rings (SSSR count). The molecule has 0 amide bonds. The maximum atomic E-state index is 12.6. The third-order valence-electron chi connectivity index (χ3n) is 5.97. The minimum Gasteiger partial charge on any atom is -0.488 e. The molecule has 6 nitrogen and oxygen atoms in total. The van der Waals surface area contributed by atoms with Crippen molar-refractivity contribution < 1.29 is 21.9 Å². The standard InChI is InChI=1S/C23H25F2N3O3S/c24-21(25)13-31-17-7-10-19-20(11-17)28(12-14-1-2-14)23(22(19)26)15-3-5-16(6-4-15)27-32(29,30)18-8-9-18/h3-7,10-11,14,18,21,27H,1-2,8-9,12-13,26H2. The Kier molecular flexibility index (Phi) is 5.23. The highest BCUT2D eigenvalue weighted by Gasteiger charge is 2.35. The van der Waals surface area contributed by atoms with Crippen molar-refractivity contribution in [2.45, 2.75) is 43.9 Å². The van der Waals surface area contributed by atoms with Crippen LogP contribution in [0.25, 0.3) is 22.2 Å². The second-order valence-electron chi connectivity index (χ2n) is 8.62. The third kappa shape index (κ3) is 4.26. The van der Waals surface area contributed by atoms with Crippen molar-refractivity contribution >= 4 is 32.3 Å². The van der Waals surface area contributed by atoms with Crippen molar-refractivity contribution in [3.8, 4) is 17.0 Å². The maximum absolute atomic E-state index is 12.6. The van der Waals surface area contributed by atoms with Gasteiger partial charge in [0.05, 0.1) is 22.1 Å². The van der Waals surface area contributed by atoms with E-state index in [1.807, 2.05) is 12.1 Å². The second kappa shape index (κ2) is 7.95. The summed E-state index contributed by atoms with van der Waals surface area (Å²) in [4.78, 5) is 0. The fourth-order valence-electron chi connectivity index (χ4n) is 3.99. The number of anilines is 2. The van der Waals surface area contributed by atoms with E-state index < -0.39 is 23.1 Å². The molecule has 0 bridgehead atoms. The Morgan fingerprint density at radius 3 is 2.44 bits per heavy atom. The zero-order chi connectivity index (χ0) is 22.5. The molecule has 0 unspecified atom stereocenters. The normalized spacial score (nSPS) is 16.6. The van der Waals surface area contributed by atoms with Crippen LogP contribution in [0.5, 0.6) is 5.75 Å². The highest BCUT2D eigenvalue weighted by atomic mass is 32.2. The van der Waals surface area contributed by atoms with Crippen LogP contribution >= 0.6 is 0 Å². The summed E-state index contributed by atoms with van der Waals surface area (Å²) in [6.45, 7) is 0.118. The Labute approximate surface area is 185 Å². The Morgan fingerprint density at radius 1 is 1.09 bits per heavy atom. The molecule has 2 aliphatic rings. The number of nitrogens with zero attached hydrogens (tertiary/aromatic N) is 1. The molecule has 2 aliphatic carbocycles. The van der Waals surface area contributed by atoms with E-state index in [0.29, 0.717) is 35.9 Å². The number of nitrogens with two attached hydrogens (primary N) is 1. The van der Waals surface area contributed by atoms with Crippen molar-refractivity contribution in [3.63, 3.8) is 0 Å². The molecule has 3 N–H and O–H groups in total. The zero-order valence-electron chi connectivity index (χ0n) is 17.4. The van der Waals surface area contributed by atoms with Crippen LogP contribution in [0.2, 0.25) is 0 Å². The quantitative estimate of drug-likeness (QED) is 0.477. The number of benzene rings is 2. The molecular weight excluding hydrogens is 436 g/mol. The predicted molar refractivity (Wildman–Crippen MR) is 122 cm³/mol. The monoisotopic (exact) mass is 461 g/mol. The molecule has 1 heterocycles. The van der Waals surface area contributed by atoms with Crippen LogP contribution in [-0.2, 0) is 16.6 Å². The first kappa shape index (κ1) is 21.1. The molecule has 0 radical (unpaired) electrons. The van der Waals surface area contributed by atoms with Crippen LogP contribution in [0, 0.1) is 5.92 Å². The average molecular weight is 462 g/mol. The van der Waals surface area contributed by atoms with E-state index in [0.717, 1.165) is 41.5 Å². The average Bonchev–Trinajstić information content (AvgIpc) is 3.66. The van der Waals surface area contributed by atoms with Gasteiger partial charge in [0.1, 0.15) is 12.4 Å². The van der Waals surface area contributed by atoms with E-state index in [1.54, 1.807) is 30.3 Å². The number of aromatic nitrogens is 1. The summed E-state index contributed by atoms with van der Waals surface area (Å²) in [6, 6.07) is 12.4. The number of rotatable bonds is 9. The fourth-order valence-corrected chi connectivity index (χ4v) is 5.37. The molecule has 1 aromatic heterocycles.